The number of ether oxygens (including phenoxy) is 6. The zero-order chi connectivity index (χ0) is 20.2. The Labute approximate surface area is 163 Å². The minimum atomic E-state index is -1.73. The summed E-state index contributed by atoms with van der Waals surface area (Å²) < 4.78 is 35.0. The van der Waals surface area contributed by atoms with Crippen molar-refractivity contribution in [3.63, 3.8) is 0 Å². The predicted octanol–water partition coefficient (Wildman–Crippen LogP) is 2.57. The third-order valence-corrected chi connectivity index (χ3v) is 4.68. The lowest BCUT2D eigenvalue weighted by Crippen LogP contribution is -2.51. The number of hydrogen-bond donors (Lipinski definition) is 1. The zero-order valence-corrected chi connectivity index (χ0v) is 16.2. The SMILES string of the molecule is C#Cc1ccc(NC(=O)O[C@@]23O[C@H]4COC(C)(C)O[C@H]4[C@@H]2OC(C)(C)O3)cc1. The summed E-state index contributed by atoms with van der Waals surface area (Å²) >= 11 is 0. The lowest BCUT2D eigenvalue weighted by atomic mass is 10.1. The molecule has 4 rings (SSSR count). The number of anilines is 1. The van der Waals surface area contributed by atoms with Crippen molar-refractivity contribution in [2.45, 2.75) is 63.6 Å². The van der Waals surface area contributed by atoms with Gasteiger partial charge >= 0.3 is 12.1 Å². The Morgan fingerprint density at radius 3 is 2.54 bits per heavy atom. The van der Waals surface area contributed by atoms with Gasteiger partial charge in [-0.2, -0.15) is 0 Å². The highest BCUT2D eigenvalue weighted by Crippen LogP contribution is 2.49. The Morgan fingerprint density at radius 1 is 1.14 bits per heavy atom. The van der Waals surface area contributed by atoms with Crippen molar-refractivity contribution < 1.29 is 33.2 Å². The van der Waals surface area contributed by atoms with E-state index in [1.807, 2.05) is 0 Å². The fourth-order valence-corrected chi connectivity index (χ4v) is 3.57. The molecule has 0 bridgehead atoms. The van der Waals surface area contributed by atoms with Crippen LogP contribution in [0.1, 0.15) is 33.3 Å². The number of nitrogens with one attached hydrogen (secondary N) is 1. The average molecular weight is 389 g/mol. The summed E-state index contributed by atoms with van der Waals surface area (Å²) in [4.78, 5) is 12.5. The van der Waals surface area contributed by atoms with Crippen LogP contribution in [0.25, 0.3) is 0 Å². The van der Waals surface area contributed by atoms with Gasteiger partial charge in [-0.15, -0.1) is 6.42 Å². The van der Waals surface area contributed by atoms with Gasteiger partial charge in [-0.3, -0.25) is 10.1 Å². The maximum absolute atomic E-state index is 12.5. The van der Waals surface area contributed by atoms with Crippen molar-refractivity contribution in [1.29, 1.82) is 0 Å². The fraction of sp³-hybridized carbons (Fsp3) is 0.550. The minimum Gasteiger partial charge on any atom is -0.388 e. The molecular formula is C20H23NO7. The maximum atomic E-state index is 12.5. The van der Waals surface area contributed by atoms with Gasteiger partial charge in [-0.25, -0.2) is 4.79 Å². The topological polar surface area (TPSA) is 84.5 Å². The number of fused-ring (bicyclic) bond motifs is 3. The number of rotatable bonds is 2. The van der Waals surface area contributed by atoms with Gasteiger partial charge in [0.1, 0.15) is 12.2 Å². The van der Waals surface area contributed by atoms with E-state index in [1.54, 1.807) is 52.0 Å². The Hall–Kier alpha value is -2.15. The van der Waals surface area contributed by atoms with Crippen LogP contribution in [0.4, 0.5) is 10.5 Å². The van der Waals surface area contributed by atoms with Crippen LogP contribution in [-0.2, 0) is 28.4 Å². The molecule has 0 aliphatic carbocycles. The van der Waals surface area contributed by atoms with Crippen LogP contribution >= 0.6 is 0 Å². The van der Waals surface area contributed by atoms with E-state index in [9.17, 15) is 4.79 Å². The molecule has 3 aliphatic rings. The second-order valence-corrected chi connectivity index (χ2v) is 7.83. The predicted molar refractivity (Wildman–Crippen MR) is 97.0 cm³/mol. The lowest BCUT2D eigenvalue weighted by Gasteiger charge is -2.38. The smallest absolute Gasteiger partial charge is 0.388 e. The molecule has 0 unspecified atom stereocenters. The Kier molecular flexibility index (Phi) is 4.41. The third kappa shape index (κ3) is 3.48. The first-order valence-corrected chi connectivity index (χ1v) is 9.06. The van der Waals surface area contributed by atoms with Crippen molar-refractivity contribution in [3.8, 4) is 12.3 Å². The number of carbonyl (C=O) groups is 1. The molecule has 3 heterocycles. The van der Waals surface area contributed by atoms with Crippen LogP contribution in [0, 0.1) is 12.3 Å². The third-order valence-electron chi connectivity index (χ3n) is 4.68. The summed E-state index contributed by atoms with van der Waals surface area (Å²) in [7, 11) is 0. The van der Waals surface area contributed by atoms with E-state index in [0.29, 0.717) is 11.3 Å². The molecule has 0 aromatic heterocycles. The molecule has 28 heavy (non-hydrogen) atoms. The first-order valence-electron chi connectivity index (χ1n) is 9.06. The average Bonchev–Trinajstić information content (AvgIpc) is 3.01. The van der Waals surface area contributed by atoms with Gasteiger partial charge in [-0.1, -0.05) is 5.92 Å². The highest BCUT2D eigenvalue weighted by atomic mass is 17.0. The summed E-state index contributed by atoms with van der Waals surface area (Å²) in [6.07, 6.45) is 2.83. The monoisotopic (exact) mass is 389 g/mol. The quantitative estimate of drug-likeness (QED) is 0.778. The maximum Gasteiger partial charge on any atom is 0.416 e. The fourth-order valence-electron chi connectivity index (χ4n) is 3.57. The number of amides is 1. The van der Waals surface area contributed by atoms with Crippen molar-refractivity contribution in [2.75, 3.05) is 11.9 Å². The summed E-state index contributed by atoms with van der Waals surface area (Å²) in [5.41, 5.74) is 1.22. The number of carbonyl (C=O) groups excluding carboxylic acids is 1. The summed E-state index contributed by atoms with van der Waals surface area (Å²) in [6, 6.07) is 6.78. The number of terminal acetylenes is 1. The molecule has 1 aromatic carbocycles. The summed E-state index contributed by atoms with van der Waals surface area (Å²) in [6.45, 7) is 7.31. The zero-order valence-electron chi connectivity index (χ0n) is 16.2. The standard InChI is InChI=1S/C20H23NO7/c1-6-12-7-9-13(10-8-12)21-17(22)27-20-16(26-19(4,5)28-20)15-14(24-20)11-23-18(2,3)25-15/h1,7-10,14-16H,11H2,2-5H3,(H,21,22)/t14-,15+,16-,20-/m0/s1. The van der Waals surface area contributed by atoms with Gasteiger partial charge in [0.15, 0.2) is 17.7 Å². The molecule has 3 fully saturated rings. The molecule has 1 N–H and O–H groups in total. The molecule has 3 saturated heterocycles. The van der Waals surface area contributed by atoms with E-state index in [4.69, 9.17) is 34.8 Å². The molecule has 4 atom stereocenters. The van der Waals surface area contributed by atoms with Crippen LogP contribution in [-0.4, -0.2) is 48.6 Å². The van der Waals surface area contributed by atoms with Gasteiger partial charge in [0.25, 0.3) is 0 Å². The van der Waals surface area contributed by atoms with Gasteiger partial charge < -0.3 is 23.7 Å². The molecule has 1 aromatic rings. The van der Waals surface area contributed by atoms with Crippen LogP contribution in [0.2, 0.25) is 0 Å². The van der Waals surface area contributed by atoms with Gasteiger partial charge in [-0.05, 0) is 52.0 Å². The normalized spacial score (nSPS) is 34.8. The molecule has 0 spiro atoms. The molecular weight excluding hydrogens is 366 g/mol. The van der Waals surface area contributed by atoms with Gasteiger partial charge in [0, 0.05) is 11.3 Å². The molecule has 1 amide bonds. The van der Waals surface area contributed by atoms with E-state index >= 15 is 0 Å². The van der Waals surface area contributed by atoms with Crippen molar-refractivity contribution in [1.82, 2.24) is 0 Å². The first-order chi connectivity index (χ1) is 13.1. The van der Waals surface area contributed by atoms with Crippen molar-refractivity contribution in [3.05, 3.63) is 29.8 Å². The highest BCUT2D eigenvalue weighted by Gasteiger charge is 2.70. The molecule has 3 aliphatic heterocycles. The Bertz CT molecular complexity index is 813. The van der Waals surface area contributed by atoms with Crippen LogP contribution in [0.15, 0.2) is 24.3 Å². The first kappa shape index (κ1) is 19.2. The number of hydrogen-bond acceptors (Lipinski definition) is 7. The van der Waals surface area contributed by atoms with E-state index in [-0.39, 0.29) is 6.61 Å². The molecule has 8 nitrogen and oxygen atoms in total. The van der Waals surface area contributed by atoms with E-state index in [2.05, 4.69) is 11.2 Å². The van der Waals surface area contributed by atoms with Crippen LogP contribution < -0.4 is 5.32 Å². The molecule has 8 heteroatoms. The van der Waals surface area contributed by atoms with Gasteiger partial charge in [0.05, 0.1) is 6.61 Å². The summed E-state index contributed by atoms with van der Waals surface area (Å²) in [5, 5.41) is 2.64. The van der Waals surface area contributed by atoms with Crippen LogP contribution in [0.5, 0.6) is 0 Å². The minimum absolute atomic E-state index is 0.265. The lowest BCUT2D eigenvalue weighted by molar-refractivity contribution is -0.368. The van der Waals surface area contributed by atoms with E-state index in [1.165, 1.54) is 0 Å². The molecule has 0 radical (unpaired) electrons. The van der Waals surface area contributed by atoms with E-state index < -0.39 is 42.0 Å². The van der Waals surface area contributed by atoms with Gasteiger partial charge in [0.2, 0.25) is 0 Å². The Balaban J connectivity index is 1.52. The van der Waals surface area contributed by atoms with E-state index in [0.717, 1.165) is 0 Å². The highest BCUT2D eigenvalue weighted by molar-refractivity contribution is 5.84. The molecule has 0 saturated carbocycles. The second kappa shape index (κ2) is 6.44. The van der Waals surface area contributed by atoms with Crippen molar-refractivity contribution >= 4 is 11.8 Å². The molecule has 150 valence electrons. The largest absolute Gasteiger partial charge is 0.416 e. The van der Waals surface area contributed by atoms with Crippen molar-refractivity contribution in [2.24, 2.45) is 0 Å². The van der Waals surface area contributed by atoms with Crippen LogP contribution in [0.3, 0.4) is 0 Å². The second-order valence-electron chi connectivity index (χ2n) is 7.83. The number of benzene rings is 1. The Morgan fingerprint density at radius 2 is 1.86 bits per heavy atom. The summed E-state index contributed by atoms with van der Waals surface area (Å²) in [5.74, 6) is -1.04.